The molecule has 0 saturated carbocycles. The number of para-hydroxylation sites is 1. The monoisotopic (exact) mass is 411 g/mol. The number of hydrogen-bond donors (Lipinski definition) is 0. The molecule has 9 heteroatoms. The normalized spacial score (nSPS) is 11.5. The molecule has 2 aromatic carbocycles. The molecule has 1 amide bonds. The third-order valence-corrected chi connectivity index (χ3v) is 4.24. The van der Waals surface area contributed by atoms with Gasteiger partial charge in [0.2, 0.25) is 0 Å². The van der Waals surface area contributed by atoms with Crippen molar-refractivity contribution in [2.24, 2.45) is 0 Å². The molecule has 0 aliphatic rings. The predicted octanol–water partition coefficient (Wildman–Crippen LogP) is 4.96. The number of aromatic nitrogens is 2. The van der Waals surface area contributed by atoms with Crippen LogP contribution >= 0.6 is 11.6 Å². The van der Waals surface area contributed by atoms with Crippen molar-refractivity contribution in [1.82, 2.24) is 14.7 Å². The van der Waals surface area contributed by atoms with Gasteiger partial charge >= 0.3 is 6.18 Å². The Balaban J connectivity index is 2.00. The predicted molar refractivity (Wildman–Crippen MR) is 95.8 cm³/mol. The Kier molecular flexibility index (Phi) is 5.42. The second kappa shape index (κ2) is 7.63. The van der Waals surface area contributed by atoms with E-state index in [1.165, 1.54) is 19.2 Å². The molecular formula is C19H14ClF4N3O. The van der Waals surface area contributed by atoms with Gasteiger partial charge < -0.3 is 4.90 Å². The lowest BCUT2D eigenvalue weighted by Crippen LogP contribution is -2.28. The Morgan fingerprint density at radius 1 is 1.18 bits per heavy atom. The molecule has 1 heterocycles. The fourth-order valence-corrected chi connectivity index (χ4v) is 2.98. The van der Waals surface area contributed by atoms with Crippen molar-refractivity contribution in [2.75, 3.05) is 7.05 Å². The summed E-state index contributed by atoms with van der Waals surface area (Å²) in [6.45, 7) is 0.0432. The number of carbonyl (C=O) groups excluding carboxylic acids is 1. The molecular weight excluding hydrogens is 398 g/mol. The van der Waals surface area contributed by atoms with Crippen LogP contribution < -0.4 is 0 Å². The lowest BCUT2D eigenvalue weighted by Gasteiger charge is -2.19. The van der Waals surface area contributed by atoms with E-state index in [1.807, 2.05) is 0 Å². The Morgan fingerprint density at radius 3 is 2.54 bits per heavy atom. The molecule has 0 fully saturated rings. The molecule has 0 atom stereocenters. The highest BCUT2D eigenvalue weighted by molar-refractivity contribution is 6.30. The Morgan fingerprint density at radius 2 is 1.89 bits per heavy atom. The van der Waals surface area contributed by atoms with E-state index in [9.17, 15) is 22.4 Å². The third kappa shape index (κ3) is 4.01. The molecule has 0 aliphatic heterocycles. The van der Waals surface area contributed by atoms with Gasteiger partial charge in [0.25, 0.3) is 5.91 Å². The fraction of sp³-hybridized carbons (Fsp3) is 0.158. The summed E-state index contributed by atoms with van der Waals surface area (Å²) in [5.41, 5.74) is -1.74. The Hall–Kier alpha value is -2.87. The molecule has 3 rings (SSSR count). The lowest BCUT2D eigenvalue weighted by atomic mass is 10.1. The molecule has 3 aromatic rings. The molecule has 0 bridgehead atoms. The molecule has 4 nitrogen and oxygen atoms in total. The molecule has 0 aliphatic carbocycles. The summed E-state index contributed by atoms with van der Waals surface area (Å²) in [4.78, 5) is 13.8. The van der Waals surface area contributed by atoms with Gasteiger partial charge in [-0.25, -0.2) is 9.07 Å². The highest BCUT2D eigenvalue weighted by Crippen LogP contribution is 2.34. The minimum absolute atomic E-state index is 0.0432. The van der Waals surface area contributed by atoms with Crippen LogP contribution in [0.2, 0.25) is 5.02 Å². The van der Waals surface area contributed by atoms with Crippen molar-refractivity contribution in [2.45, 2.75) is 12.7 Å². The standard InChI is InChI=1S/C19H14ClF4N3O/c1-26(11-12-5-4-6-13(20)9-12)18(28)14-10-25-27(17(14)19(22,23)24)16-8-3-2-7-15(16)21/h2-10H,11H2,1H3. The number of rotatable bonds is 4. The van der Waals surface area contributed by atoms with Gasteiger partial charge in [-0.05, 0) is 29.8 Å². The maximum absolute atomic E-state index is 14.0. The average molecular weight is 412 g/mol. The number of hydrogen-bond acceptors (Lipinski definition) is 2. The van der Waals surface area contributed by atoms with Crippen LogP contribution in [0.3, 0.4) is 0 Å². The highest BCUT2D eigenvalue weighted by Gasteiger charge is 2.41. The van der Waals surface area contributed by atoms with Crippen molar-refractivity contribution >= 4 is 17.5 Å². The van der Waals surface area contributed by atoms with Gasteiger partial charge in [-0.2, -0.15) is 18.3 Å². The van der Waals surface area contributed by atoms with Crippen LogP contribution in [0.5, 0.6) is 0 Å². The number of halogens is 5. The maximum Gasteiger partial charge on any atom is 0.434 e. The maximum atomic E-state index is 14.0. The van der Waals surface area contributed by atoms with Crippen molar-refractivity contribution < 1.29 is 22.4 Å². The number of benzene rings is 2. The van der Waals surface area contributed by atoms with Gasteiger partial charge in [0, 0.05) is 18.6 Å². The second-order valence-corrected chi connectivity index (χ2v) is 6.50. The van der Waals surface area contributed by atoms with Crippen LogP contribution in [-0.2, 0) is 12.7 Å². The Bertz CT molecular complexity index is 1020. The SMILES string of the molecule is CN(Cc1cccc(Cl)c1)C(=O)c1cnn(-c2ccccc2F)c1C(F)(F)F. The molecule has 0 spiro atoms. The smallest absolute Gasteiger partial charge is 0.337 e. The number of alkyl halides is 3. The minimum atomic E-state index is -4.92. The summed E-state index contributed by atoms with van der Waals surface area (Å²) in [5, 5.41) is 4.07. The van der Waals surface area contributed by atoms with E-state index in [-0.39, 0.29) is 6.54 Å². The number of nitrogens with zero attached hydrogens (tertiary/aromatic N) is 3. The van der Waals surface area contributed by atoms with E-state index in [4.69, 9.17) is 11.6 Å². The van der Waals surface area contributed by atoms with E-state index in [0.717, 1.165) is 23.2 Å². The zero-order chi connectivity index (χ0) is 20.5. The van der Waals surface area contributed by atoms with Gasteiger partial charge in [-0.3, -0.25) is 4.79 Å². The molecule has 1 aromatic heterocycles. The fourth-order valence-electron chi connectivity index (χ4n) is 2.77. The van der Waals surface area contributed by atoms with Gasteiger partial charge in [0.1, 0.15) is 11.5 Å². The van der Waals surface area contributed by atoms with Crippen molar-refractivity contribution in [1.29, 1.82) is 0 Å². The highest BCUT2D eigenvalue weighted by atomic mass is 35.5. The van der Waals surface area contributed by atoms with Crippen LogP contribution in [0, 0.1) is 5.82 Å². The zero-order valence-electron chi connectivity index (χ0n) is 14.5. The summed E-state index contributed by atoms with van der Waals surface area (Å²) < 4.78 is 55.5. The van der Waals surface area contributed by atoms with E-state index >= 15 is 0 Å². The zero-order valence-corrected chi connectivity index (χ0v) is 15.3. The topological polar surface area (TPSA) is 38.1 Å². The van der Waals surface area contributed by atoms with Crippen LogP contribution in [0.15, 0.2) is 54.7 Å². The van der Waals surface area contributed by atoms with Crippen LogP contribution in [-0.4, -0.2) is 27.6 Å². The average Bonchev–Trinajstić information content (AvgIpc) is 3.06. The molecule has 146 valence electrons. The quantitative estimate of drug-likeness (QED) is 0.569. The largest absolute Gasteiger partial charge is 0.434 e. The van der Waals surface area contributed by atoms with Crippen molar-refractivity contribution in [3.05, 3.63) is 82.4 Å². The van der Waals surface area contributed by atoms with E-state index < -0.39 is 34.8 Å². The summed E-state index contributed by atoms with van der Waals surface area (Å²) in [5.74, 6) is -1.78. The van der Waals surface area contributed by atoms with Crippen LogP contribution in [0.25, 0.3) is 5.69 Å². The summed E-state index contributed by atoms with van der Waals surface area (Å²) in [6, 6.07) is 11.5. The summed E-state index contributed by atoms with van der Waals surface area (Å²) in [7, 11) is 1.36. The molecule has 0 N–H and O–H groups in total. The second-order valence-electron chi connectivity index (χ2n) is 6.06. The first kappa shape index (κ1) is 19.9. The van der Waals surface area contributed by atoms with Crippen molar-refractivity contribution in [3.63, 3.8) is 0 Å². The van der Waals surface area contributed by atoms with Crippen molar-refractivity contribution in [3.8, 4) is 5.69 Å². The Labute approximate surface area is 162 Å². The van der Waals surface area contributed by atoms with Gasteiger partial charge in [0.05, 0.1) is 11.8 Å². The first-order chi connectivity index (χ1) is 13.2. The summed E-state index contributed by atoms with van der Waals surface area (Å²) >= 11 is 5.89. The van der Waals surface area contributed by atoms with Crippen LogP contribution in [0.1, 0.15) is 21.6 Å². The lowest BCUT2D eigenvalue weighted by molar-refractivity contribution is -0.143. The number of carbonyl (C=O) groups is 1. The molecule has 0 radical (unpaired) electrons. The first-order valence-electron chi connectivity index (χ1n) is 8.08. The first-order valence-corrected chi connectivity index (χ1v) is 8.46. The van der Waals surface area contributed by atoms with Crippen LogP contribution in [0.4, 0.5) is 17.6 Å². The molecule has 0 unspecified atom stereocenters. The summed E-state index contributed by atoms with van der Waals surface area (Å²) in [6.07, 6.45) is -4.12. The molecule has 28 heavy (non-hydrogen) atoms. The minimum Gasteiger partial charge on any atom is -0.337 e. The van der Waals surface area contributed by atoms with Gasteiger partial charge in [-0.15, -0.1) is 0 Å². The van der Waals surface area contributed by atoms with Gasteiger partial charge in [0.15, 0.2) is 5.69 Å². The number of amides is 1. The molecule has 0 saturated heterocycles. The van der Waals surface area contributed by atoms with Gasteiger partial charge in [-0.1, -0.05) is 35.9 Å². The van der Waals surface area contributed by atoms with E-state index in [1.54, 1.807) is 24.3 Å². The third-order valence-electron chi connectivity index (χ3n) is 4.00. The van der Waals surface area contributed by atoms with E-state index in [2.05, 4.69) is 5.10 Å². The van der Waals surface area contributed by atoms with E-state index in [0.29, 0.717) is 15.3 Å².